The van der Waals surface area contributed by atoms with Gasteiger partial charge in [0.2, 0.25) is 0 Å². The van der Waals surface area contributed by atoms with Gasteiger partial charge in [-0.3, -0.25) is 4.79 Å². The second kappa shape index (κ2) is 5.18. The Hall–Kier alpha value is -0.260. The second-order valence-corrected chi connectivity index (χ2v) is 6.04. The van der Waals surface area contributed by atoms with Crippen LogP contribution in [-0.2, 0) is 9.53 Å². The Morgan fingerprint density at radius 1 is 1.73 bits per heavy atom. The monoisotopic (exact) mass is 233 g/mol. The molecule has 0 aromatic carbocycles. The van der Waals surface area contributed by atoms with Gasteiger partial charge in [-0.25, -0.2) is 0 Å². The number of hydrogen-bond donors (Lipinski definition) is 2. The summed E-state index contributed by atoms with van der Waals surface area (Å²) in [4.78, 5) is 10.8. The van der Waals surface area contributed by atoms with E-state index >= 15 is 0 Å². The number of aliphatic carboxylic acids is 1. The van der Waals surface area contributed by atoms with Crippen molar-refractivity contribution < 1.29 is 14.6 Å². The van der Waals surface area contributed by atoms with Crippen molar-refractivity contribution in [1.29, 1.82) is 0 Å². The Balaban J connectivity index is 2.37. The average Bonchev–Trinajstić information content (AvgIpc) is 2.66. The molecule has 0 saturated carbocycles. The molecule has 1 aliphatic heterocycles. The Morgan fingerprint density at radius 2 is 2.40 bits per heavy atom. The zero-order valence-corrected chi connectivity index (χ0v) is 10.0. The highest BCUT2D eigenvalue weighted by Gasteiger charge is 2.33. The first kappa shape index (κ1) is 12.8. The first-order chi connectivity index (χ1) is 6.93. The van der Waals surface area contributed by atoms with Gasteiger partial charge in [0.15, 0.2) is 0 Å². The molecule has 0 spiro atoms. The Kier molecular flexibility index (Phi) is 4.43. The van der Waals surface area contributed by atoms with Gasteiger partial charge in [0, 0.05) is 17.1 Å². The van der Waals surface area contributed by atoms with Crippen LogP contribution in [0.1, 0.15) is 26.7 Å². The van der Waals surface area contributed by atoms with Gasteiger partial charge in [-0.15, -0.1) is 0 Å². The lowest BCUT2D eigenvalue weighted by molar-refractivity contribution is -0.139. The fraction of sp³-hybridized carbons (Fsp3) is 0.900. The van der Waals surface area contributed by atoms with Gasteiger partial charge in [-0.1, -0.05) is 0 Å². The van der Waals surface area contributed by atoms with E-state index in [4.69, 9.17) is 15.6 Å². The number of hydrogen-bond acceptors (Lipinski definition) is 4. The highest BCUT2D eigenvalue weighted by Crippen LogP contribution is 2.30. The van der Waals surface area contributed by atoms with Crippen LogP contribution in [0.15, 0.2) is 0 Å². The summed E-state index contributed by atoms with van der Waals surface area (Å²) in [5, 5.41) is 8.84. The van der Waals surface area contributed by atoms with Crippen molar-refractivity contribution in [3.8, 4) is 0 Å². The number of carboxylic acids is 1. The molecule has 0 aliphatic carbocycles. The van der Waals surface area contributed by atoms with E-state index in [1.165, 1.54) is 0 Å². The van der Waals surface area contributed by atoms with Crippen molar-refractivity contribution in [2.45, 2.75) is 43.6 Å². The first-order valence-electron chi connectivity index (χ1n) is 5.17. The number of rotatable bonds is 5. The minimum atomic E-state index is -0.945. The summed E-state index contributed by atoms with van der Waals surface area (Å²) < 4.78 is 5.03. The van der Waals surface area contributed by atoms with Crippen LogP contribution in [0.3, 0.4) is 0 Å². The van der Waals surface area contributed by atoms with Crippen LogP contribution in [0.4, 0.5) is 0 Å². The molecule has 88 valence electrons. The van der Waals surface area contributed by atoms with Gasteiger partial charge in [-0.2, -0.15) is 11.8 Å². The van der Waals surface area contributed by atoms with Crippen LogP contribution in [0.25, 0.3) is 0 Å². The average molecular weight is 233 g/mol. The van der Waals surface area contributed by atoms with Crippen molar-refractivity contribution in [1.82, 2.24) is 0 Å². The number of carboxylic acid groups (broad SMARTS) is 1. The zero-order chi connectivity index (χ0) is 11.5. The number of ether oxygens (including phenoxy) is 1. The quantitative estimate of drug-likeness (QED) is 0.743. The molecular weight excluding hydrogens is 214 g/mol. The third-order valence-electron chi connectivity index (χ3n) is 2.68. The van der Waals surface area contributed by atoms with Crippen molar-refractivity contribution in [3.05, 3.63) is 0 Å². The highest BCUT2D eigenvalue weighted by atomic mass is 32.2. The minimum Gasteiger partial charge on any atom is -0.480 e. The van der Waals surface area contributed by atoms with Crippen LogP contribution >= 0.6 is 11.8 Å². The van der Waals surface area contributed by atoms with E-state index in [1.54, 1.807) is 11.8 Å². The van der Waals surface area contributed by atoms with E-state index in [-0.39, 0.29) is 6.10 Å². The molecule has 0 aromatic rings. The van der Waals surface area contributed by atoms with E-state index in [9.17, 15) is 4.79 Å². The summed E-state index contributed by atoms with van der Waals surface area (Å²) in [6, 6.07) is -0.830. The molecule has 1 rings (SSSR count). The Labute approximate surface area is 94.6 Å². The molecule has 5 heteroatoms. The number of carbonyl (C=O) groups is 1. The molecular formula is C10H19NO3S. The second-order valence-electron chi connectivity index (χ2n) is 4.37. The third kappa shape index (κ3) is 3.66. The molecule has 1 fully saturated rings. The fourth-order valence-electron chi connectivity index (χ4n) is 1.47. The van der Waals surface area contributed by atoms with Gasteiger partial charge < -0.3 is 15.6 Å². The SMILES string of the molecule is CC(C)(SCC1CCCO1)[C@@H](N)C(=O)O. The van der Waals surface area contributed by atoms with Crippen LogP contribution in [0, 0.1) is 0 Å². The number of nitrogens with two attached hydrogens (primary N) is 1. The zero-order valence-electron chi connectivity index (χ0n) is 9.23. The highest BCUT2D eigenvalue weighted by molar-refractivity contribution is 8.00. The summed E-state index contributed by atoms with van der Waals surface area (Å²) in [5.74, 6) is -0.117. The molecule has 4 nitrogen and oxygen atoms in total. The lowest BCUT2D eigenvalue weighted by Crippen LogP contribution is -2.47. The summed E-state index contributed by atoms with van der Waals surface area (Å²) in [5.41, 5.74) is 5.62. The van der Waals surface area contributed by atoms with Crippen LogP contribution < -0.4 is 5.73 Å². The van der Waals surface area contributed by atoms with Gasteiger partial charge in [0.05, 0.1) is 6.10 Å². The van der Waals surface area contributed by atoms with Crippen molar-refractivity contribution in [3.63, 3.8) is 0 Å². The van der Waals surface area contributed by atoms with E-state index in [0.29, 0.717) is 0 Å². The molecule has 15 heavy (non-hydrogen) atoms. The lowest BCUT2D eigenvalue weighted by atomic mass is 10.1. The fourth-order valence-corrected chi connectivity index (χ4v) is 2.63. The predicted octanol–water partition coefficient (Wildman–Crippen LogP) is 1.09. The smallest absolute Gasteiger partial charge is 0.321 e. The van der Waals surface area contributed by atoms with Crippen LogP contribution in [-0.4, -0.2) is 40.3 Å². The molecule has 1 saturated heterocycles. The molecule has 1 unspecified atom stereocenters. The molecule has 1 heterocycles. The van der Waals surface area contributed by atoms with Gasteiger partial charge in [0.1, 0.15) is 6.04 Å². The summed E-state index contributed by atoms with van der Waals surface area (Å²) in [6.07, 6.45) is 2.46. The maximum absolute atomic E-state index is 10.8. The minimum absolute atomic E-state index is 0.273. The predicted molar refractivity (Wildman–Crippen MR) is 61.1 cm³/mol. The van der Waals surface area contributed by atoms with Crippen LogP contribution in [0.5, 0.6) is 0 Å². The van der Waals surface area contributed by atoms with E-state index < -0.39 is 16.8 Å². The molecule has 0 bridgehead atoms. The van der Waals surface area contributed by atoms with Gasteiger partial charge in [-0.05, 0) is 26.7 Å². The molecule has 3 N–H and O–H groups in total. The Morgan fingerprint density at radius 3 is 2.87 bits per heavy atom. The maximum Gasteiger partial charge on any atom is 0.321 e. The maximum atomic E-state index is 10.8. The van der Waals surface area contributed by atoms with E-state index in [0.717, 1.165) is 25.2 Å². The molecule has 0 radical (unpaired) electrons. The molecule has 0 aromatic heterocycles. The number of thioether (sulfide) groups is 1. The molecule has 2 atom stereocenters. The summed E-state index contributed by atoms with van der Waals surface area (Å²) >= 11 is 1.58. The largest absolute Gasteiger partial charge is 0.480 e. The van der Waals surface area contributed by atoms with Gasteiger partial charge >= 0.3 is 5.97 Å². The molecule has 0 amide bonds. The Bertz CT molecular complexity index is 227. The first-order valence-corrected chi connectivity index (χ1v) is 6.16. The standard InChI is InChI=1S/C10H19NO3S/c1-10(2,8(11)9(12)13)15-6-7-4-3-5-14-7/h7-8H,3-6,11H2,1-2H3,(H,12,13)/t7?,8-/m0/s1. The summed E-state index contributed by atoms with van der Waals surface area (Å²) in [7, 11) is 0. The van der Waals surface area contributed by atoms with Crippen LogP contribution in [0.2, 0.25) is 0 Å². The third-order valence-corrected chi connectivity index (χ3v) is 4.22. The lowest BCUT2D eigenvalue weighted by Gasteiger charge is -2.28. The van der Waals surface area contributed by atoms with Crippen molar-refractivity contribution in [2.24, 2.45) is 5.73 Å². The van der Waals surface area contributed by atoms with Gasteiger partial charge in [0.25, 0.3) is 0 Å². The summed E-state index contributed by atoms with van der Waals surface area (Å²) in [6.45, 7) is 4.56. The normalized spacial score (nSPS) is 24.1. The van der Waals surface area contributed by atoms with Crippen molar-refractivity contribution in [2.75, 3.05) is 12.4 Å². The topological polar surface area (TPSA) is 72.5 Å². The molecule has 1 aliphatic rings. The van der Waals surface area contributed by atoms with Crippen molar-refractivity contribution >= 4 is 17.7 Å². The van der Waals surface area contributed by atoms with E-state index in [2.05, 4.69) is 0 Å². The van der Waals surface area contributed by atoms with E-state index in [1.807, 2.05) is 13.8 Å².